The van der Waals surface area contributed by atoms with E-state index in [-0.39, 0.29) is 5.69 Å². The summed E-state index contributed by atoms with van der Waals surface area (Å²) in [6.07, 6.45) is 1.46. The van der Waals surface area contributed by atoms with Crippen LogP contribution in [-0.4, -0.2) is 29.1 Å². The lowest BCUT2D eigenvalue weighted by Gasteiger charge is -2.08. The van der Waals surface area contributed by atoms with Gasteiger partial charge in [-0.1, -0.05) is 23.7 Å². The number of para-hydroxylation sites is 1. The Bertz CT molecular complexity index is 812. The summed E-state index contributed by atoms with van der Waals surface area (Å²) in [6.45, 7) is 4.68. The molecular formula is C14H16ClN3O3S. The molecule has 6 nitrogen and oxygen atoms in total. The smallest absolute Gasteiger partial charge is 0.284 e. The van der Waals surface area contributed by atoms with Crippen LogP contribution in [-0.2, 0) is 10.0 Å². The van der Waals surface area contributed by atoms with Gasteiger partial charge >= 0.3 is 0 Å². The summed E-state index contributed by atoms with van der Waals surface area (Å²) in [6, 6.07) is 7.10. The summed E-state index contributed by atoms with van der Waals surface area (Å²) >= 11 is 6.12. The van der Waals surface area contributed by atoms with E-state index in [4.69, 9.17) is 11.6 Å². The lowest BCUT2D eigenvalue weighted by molar-refractivity contribution is 0.0976. The van der Waals surface area contributed by atoms with Crippen LogP contribution in [0.2, 0.25) is 5.02 Å². The van der Waals surface area contributed by atoms with Gasteiger partial charge < -0.3 is 4.57 Å². The molecule has 0 radical (unpaired) electrons. The van der Waals surface area contributed by atoms with Gasteiger partial charge in [-0.2, -0.15) is 0 Å². The Balaban J connectivity index is 2.35. The standard InChI is InChI=1S/C14H16ClN3O3S/c1-9(2)22(20,21)17-14(19)12-8-18(10(3)16-12)13-7-5-4-6-11(13)15/h4-9H,1-3H3,(H,17,19). The van der Waals surface area contributed by atoms with Crippen molar-refractivity contribution in [1.29, 1.82) is 0 Å². The number of benzene rings is 1. The quantitative estimate of drug-likeness (QED) is 0.925. The van der Waals surface area contributed by atoms with Gasteiger partial charge in [0.2, 0.25) is 10.0 Å². The van der Waals surface area contributed by atoms with Crippen LogP contribution in [0.4, 0.5) is 0 Å². The fourth-order valence-electron chi connectivity index (χ4n) is 1.77. The van der Waals surface area contributed by atoms with Crippen LogP contribution in [0, 0.1) is 6.92 Å². The van der Waals surface area contributed by atoms with E-state index in [1.165, 1.54) is 20.0 Å². The Morgan fingerprint density at radius 2 is 1.95 bits per heavy atom. The number of hydrogen-bond donors (Lipinski definition) is 1. The highest BCUT2D eigenvalue weighted by Crippen LogP contribution is 2.21. The maximum absolute atomic E-state index is 12.0. The van der Waals surface area contributed by atoms with Crippen LogP contribution in [0.3, 0.4) is 0 Å². The van der Waals surface area contributed by atoms with Gasteiger partial charge in [-0.05, 0) is 32.9 Å². The Kier molecular flexibility index (Phi) is 4.58. The Labute approximate surface area is 134 Å². The molecule has 0 spiro atoms. The fourth-order valence-corrected chi connectivity index (χ4v) is 2.60. The number of halogens is 1. The molecule has 0 aliphatic rings. The van der Waals surface area contributed by atoms with Crippen molar-refractivity contribution in [1.82, 2.24) is 14.3 Å². The first-order chi connectivity index (χ1) is 10.2. The molecule has 2 aromatic rings. The number of amides is 1. The average molecular weight is 342 g/mol. The molecule has 1 aromatic heterocycles. The first-order valence-electron chi connectivity index (χ1n) is 6.59. The number of rotatable bonds is 4. The topological polar surface area (TPSA) is 81.1 Å². The number of nitrogens with one attached hydrogen (secondary N) is 1. The van der Waals surface area contributed by atoms with Crippen molar-refractivity contribution < 1.29 is 13.2 Å². The van der Waals surface area contributed by atoms with E-state index < -0.39 is 21.2 Å². The predicted octanol–water partition coefficient (Wildman–Crippen LogP) is 2.30. The lowest BCUT2D eigenvalue weighted by Crippen LogP contribution is -2.36. The number of carbonyl (C=O) groups is 1. The molecule has 0 saturated carbocycles. The Morgan fingerprint density at radius 3 is 2.55 bits per heavy atom. The van der Waals surface area contributed by atoms with E-state index in [0.29, 0.717) is 16.5 Å². The maximum atomic E-state index is 12.0. The highest BCUT2D eigenvalue weighted by atomic mass is 35.5. The summed E-state index contributed by atoms with van der Waals surface area (Å²) in [7, 11) is -3.70. The summed E-state index contributed by atoms with van der Waals surface area (Å²) in [5.41, 5.74) is 0.682. The molecule has 1 amide bonds. The minimum Gasteiger partial charge on any atom is -0.302 e. The average Bonchev–Trinajstić information content (AvgIpc) is 2.81. The third-order valence-corrected chi connectivity index (χ3v) is 5.11. The van der Waals surface area contributed by atoms with Gasteiger partial charge in [0, 0.05) is 6.20 Å². The van der Waals surface area contributed by atoms with Crippen LogP contribution in [0.1, 0.15) is 30.2 Å². The minimum absolute atomic E-state index is 0.0154. The fraction of sp³-hybridized carbons (Fsp3) is 0.286. The third-order valence-electron chi connectivity index (χ3n) is 3.08. The first kappa shape index (κ1) is 16.5. The minimum atomic E-state index is -3.70. The molecule has 0 aliphatic heterocycles. The number of sulfonamides is 1. The lowest BCUT2D eigenvalue weighted by atomic mass is 10.3. The molecule has 0 fully saturated rings. The van der Waals surface area contributed by atoms with Crippen molar-refractivity contribution in [3.8, 4) is 5.69 Å². The zero-order valence-corrected chi connectivity index (χ0v) is 13.9. The normalized spacial score (nSPS) is 11.7. The number of nitrogens with zero attached hydrogens (tertiary/aromatic N) is 2. The summed E-state index contributed by atoms with van der Waals surface area (Å²) < 4.78 is 27.1. The predicted molar refractivity (Wildman–Crippen MR) is 84.8 cm³/mol. The van der Waals surface area contributed by atoms with E-state index in [9.17, 15) is 13.2 Å². The Morgan fingerprint density at radius 1 is 1.32 bits per heavy atom. The van der Waals surface area contributed by atoms with Gasteiger partial charge in [0.1, 0.15) is 11.5 Å². The van der Waals surface area contributed by atoms with Crippen molar-refractivity contribution in [2.75, 3.05) is 0 Å². The molecule has 1 aromatic carbocycles. The molecule has 2 rings (SSSR count). The molecule has 0 aliphatic carbocycles. The molecule has 22 heavy (non-hydrogen) atoms. The van der Waals surface area contributed by atoms with Crippen molar-refractivity contribution >= 4 is 27.5 Å². The zero-order valence-electron chi connectivity index (χ0n) is 12.4. The monoisotopic (exact) mass is 341 g/mol. The van der Waals surface area contributed by atoms with Crippen molar-refractivity contribution in [3.63, 3.8) is 0 Å². The van der Waals surface area contributed by atoms with Crippen LogP contribution in [0.5, 0.6) is 0 Å². The van der Waals surface area contributed by atoms with Crippen LogP contribution < -0.4 is 4.72 Å². The van der Waals surface area contributed by atoms with Crippen LogP contribution in [0.25, 0.3) is 5.69 Å². The second-order valence-corrected chi connectivity index (χ2v) is 7.66. The number of imidazole rings is 1. The van der Waals surface area contributed by atoms with E-state index in [2.05, 4.69) is 4.98 Å². The molecule has 1 N–H and O–H groups in total. The second-order valence-electron chi connectivity index (χ2n) is 5.02. The zero-order chi connectivity index (χ0) is 16.5. The number of carbonyl (C=O) groups excluding carboxylic acids is 1. The summed E-state index contributed by atoms with van der Waals surface area (Å²) in [5, 5.41) is -0.201. The molecule has 0 atom stereocenters. The molecule has 118 valence electrons. The van der Waals surface area contributed by atoms with Gasteiger partial charge in [0.05, 0.1) is 16.0 Å². The molecule has 0 unspecified atom stereocenters. The number of hydrogen-bond acceptors (Lipinski definition) is 4. The van der Waals surface area contributed by atoms with E-state index in [1.54, 1.807) is 29.7 Å². The highest BCUT2D eigenvalue weighted by molar-refractivity contribution is 7.90. The van der Waals surface area contributed by atoms with E-state index in [0.717, 1.165) is 0 Å². The maximum Gasteiger partial charge on any atom is 0.284 e. The first-order valence-corrected chi connectivity index (χ1v) is 8.51. The van der Waals surface area contributed by atoms with E-state index in [1.807, 2.05) is 10.8 Å². The van der Waals surface area contributed by atoms with Gasteiger partial charge in [-0.3, -0.25) is 4.79 Å². The van der Waals surface area contributed by atoms with Gasteiger partial charge in [-0.25, -0.2) is 18.1 Å². The largest absolute Gasteiger partial charge is 0.302 e. The van der Waals surface area contributed by atoms with Crippen LogP contribution >= 0.6 is 11.6 Å². The number of aryl methyl sites for hydroxylation is 1. The summed E-state index contributed by atoms with van der Waals surface area (Å²) in [5.74, 6) is -0.234. The Hall–Kier alpha value is -1.86. The second kappa shape index (κ2) is 6.10. The van der Waals surface area contributed by atoms with E-state index >= 15 is 0 Å². The van der Waals surface area contributed by atoms with Gasteiger partial charge in [0.15, 0.2) is 0 Å². The number of aromatic nitrogens is 2. The SMILES string of the molecule is Cc1nc(C(=O)NS(=O)(=O)C(C)C)cn1-c1ccccc1Cl. The van der Waals surface area contributed by atoms with Crippen molar-refractivity contribution in [3.05, 3.63) is 47.0 Å². The molecule has 8 heteroatoms. The van der Waals surface area contributed by atoms with Gasteiger partial charge in [-0.15, -0.1) is 0 Å². The van der Waals surface area contributed by atoms with Gasteiger partial charge in [0.25, 0.3) is 5.91 Å². The molecular weight excluding hydrogens is 326 g/mol. The van der Waals surface area contributed by atoms with Crippen molar-refractivity contribution in [2.45, 2.75) is 26.0 Å². The molecule has 0 bridgehead atoms. The molecule has 0 saturated heterocycles. The molecule has 1 heterocycles. The third kappa shape index (κ3) is 3.31. The van der Waals surface area contributed by atoms with Crippen molar-refractivity contribution in [2.24, 2.45) is 0 Å². The highest BCUT2D eigenvalue weighted by Gasteiger charge is 2.22. The summed E-state index contributed by atoms with van der Waals surface area (Å²) in [4.78, 5) is 16.1. The van der Waals surface area contributed by atoms with Crippen LogP contribution in [0.15, 0.2) is 30.5 Å².